The Morgan fingerprint density at radius 3 is 2.48 bits per heavy atom. The Kier molecular flexibility index (Phi) is 5.82. The Morgan fingerprint density at radius 1 is 1.04 bits per heavy atom. The van der Waals surface area contributed by atoms with Crippen molar-refractivity contribution >= 4 is 23.6 Å². The first kappa shape index (κ1) is 18.6. The van der Waals surface area contributed by atoms with E-state index in [1.807, 2.05) is 37.3 Å². The summed E-state index contributed by atoms with van der Waals surface area (Å²) < 4.78 is 1.59. The number of carbonyl (C=O) groups is 2. The van der Waals surface area contributed by atoms with Gasteiger partial charge in [0.15, 0.2) is 0 Å². The standard InChI is InChI=1S/C18H18N6O2S/c1-12-8-6-7-11-15(12)24-18(21-22-23-24)27-13(2)16(25)19-20-17(26)14-9-4-3-5-10-14/h3-11,13H,1-2H3,(H,19,25)(H,20,26)/t13-/m1/s1. The molecule has 0 saturated heterocycles. The van der Waals surface area contributed by atoms with Gasteiger partial charge in [0.1, 0.15) is 0 Å². The molecule has 0 spiro atoms. The van der Waals surface area contributed by atoms with Crippen molar-refractivity contribution < 1.29 is 9.59 Å². The number of amides is 2. The van der Waals surface area contributed by atoms with Crippen LogP contribution >= 0.6 is 11.8 Å². The summed E-state index contributed by atoms with van der Waals surface area (Å²) >= 11 is 1.20. The smallest absolute Gasteiger partial charge is 0.269 e. The van der Waals surface area contributed by atoms with Crippen LogP contribution in [0.3, 0.4) is 0 Å². The topological polar surface area (TPSA) is 102 Å². The molecule has 8 nitrogen and oxygen atoms in total. The van der Waals surface area contributed by atoms with Crippen molar-refractivity contribution in [3.05, 3.63) is 65.7 Å². The molecule has 0 aliphatic carbocycles. The third-order valence-corrected chi connectivity index (χ3v) is 4.80. The largest absolute Gasteiger partial charge is 0.272 e. The molecule has 1 aromatic heterocycles. The molecule has 2 amide bonds. The van der Waals surface area contributed by atoms with E-state index in [9.17, 15) is 9.59 Å². The molecule has 0 fully saturated rings. The van der Waals surface area contributed by atoms with Crippen LogP contribution in [0.25, 0.3) is 5.69 Å². The van der Waals surface area contributed by atoms with Crippen LogP contribution in [-0.2, 0) is 4.79 Å². The number of hydrogen-bond donors (Lipinski definition) is 2. The fourth-order valence-electron chi connectivity index (χ4n) is 2.30. The van der Waals surface area contributed by atoms with Gasteiger partial charge < -0.3 is 0 Å². The number of carbonyl (C=O) groups excluding carboxylic acids is 2. The summed E-state index contributed by atoms with van der Waals surface area (Å²) in [6, 6.07) is 16.3. The summed E-state index contributed by atoms with van der Waals surface area (Å²) in [5.41, 5.74) is 7.15. The highest BCUT2D eigenvalue weighted by Gasteiger charge is 2.20. The van der Waals surface area contributed by atoms with E-state index >= 15 is 0 Å². The predicted octanol–water partition coefficient (Wildman–Crippen LogP) is 1.91. The molecule has 9 heteroatoms. The Bertz CT molecular complexity index is 944. The van der Waals surface area contributed by atoms with Crippen molar-refractivity contribution in [1.29, 1.82) is 0 Å². The molecule has 0 unspecified atom stereocenters. The zero-order chi connectivity index (χ0) is 19.2. The van der Waals surface area contributed by atoms with Crippen LogP contribution in [0.5, 0.6) is 0 Å². The number of aromatic nitrogens is 4. The number of tetrazole rings is 1. The zero-order valence-corrected chi connectivity index (χ0v) is 15.6. The van der Waals surface area contributed by atoms with Crippen LogP contribution in [0.1, 0.15) is 22.8 Å². The van der Waals surface area contributed by atoms with Crippen LogP contribution in [-0.4, -0.2) is 37.3 Å². The quantitative estimate of drug-likeness (QED) is 0.516. The highest BCUT2D eigenvalue weighted by Crippen LogP contribution is 2.24. The highest BCUT2D eigenvalue weighted by atomic mass is 32.2. The first-order valence-corrected chi connectivity index (χ1v) is 9.10. The minimum atomic E-state index is -0.519. The monoisotopic (exact) mass is 382 g/mol. The van der Waals surface area contributed by atoms with E-state index in [1.54, 1.807) is 35.9 Å². The van der Waals surface area contributed by atoms with E-state index in [0.29, 0.717) is 10.7 Å². The lowest BCUT2D eigenvalue weighted by atomic mass is 10.2. The molecule has 2 aromatic carbocycles. The first-order chi connectivity index (χ1) is 13.1. The van der Waals surface area contributed by atoms with E-state index in [2.05, 4.69) is 26.4 Å². The molecule has 0 radical (unpaired) electrons. The Hall–Kier alpha value is -3.20. The van der Waals surface area contributed by atoms with Crippen molar-refractivity contribution in [3.8, 4) is 5.69 Å². The van der Waals surface area contributed by atoms with E-state index in [0.717, 1.165) is 11.3 Å². The van der Waals surface area contributed by atoms with Crippen LogP contribution < -0.4 is 10.9 Å². The average Bonchev–Trinajstić information content (AvgIpc) is 3.14. The fourth-order valence-corrected chi connectivity index (χ4v) is 3.10. The zero-order valence-electron chi connectivity index (χ0n) is 14.8. The molecule has 0 saturated carbocycles. The number of thioether (sulfide) groups is 1. The van der Waals surface area contributed by atoms with Gasteiger partial charge in [0.05, 0.1) is 10.9 Å². The Morgan fingerprint density at radius 2 is 1.74 bits per heavy atom. The molecule has 3 aromatic rings. The summed E-state index contributed by atoms with van der Waals surface area (Å²) in [6.45, 7) is 3.67. The van der Waals surface area contributed by atoms with Crippen LogP contribution in [0.15, 0.2) is 59.8 Å². The second-order valence-electron chi connectivity index (χ2n) is 5.73. The van der Waals surface area contributed by atoms with Gasteiger partial charge in [0.25, 0.3) is 11.8 Å². The van der Waals surface area contributed by atoms with Crippen LogP contribution in [0.4, 0.5) is 0 Å². The van der Waals surface area contributed by atoms with Gasteiger partial charge in [0.2, 0.25) is 5.16 Å². The summed E-state index contributed by atoms with van der Waals surface area (Å²) in [7, 11) is 0. The van der Waals surface area contributed by atoms with Gasteiger partial charge in [-0.05, 0) is 48.0 Å². The van der Waals surface area contributed by atoms with Gasteiger partial charge in [-0.3, -0.25) is 20.4 Å². The lowest BCUT2D eigenvalue weighted by Crippen LogP contribution is -2.44. The highest BCUT2D eigenvalue weighted by molar-refractivity contribution is 8.00. The average molecular weight is 382 g/mol. The van der Waals surface area contributed by atoms with E-state index in [4.69, 9.17) is 0 Å². The normalized spacial score (nSPS) is 11.6. The molecule has 0 aliphatic heterocycles. The predicted molar refractivity (Wildman–Crippen MR) is 101 cm³/mol. The van der Waals surface area contributed by atoms with Gasteiger partial charge in [-0.25, -0.2) is 0 Å². The summed E-state index contributed by atoms with van der Waals surface area (Å²) in [5.74, 6) is -0.741. The molecule has 27 heavy (non-hydrogen) atoms. The molecule has 1 heterocycles. The maximum absolute atomic E-state index is 12.3. The molecule has 0 bridgehead atoms. The minimum absolute atomic E-state index is 0.358. The number of aryl methyl sites for hydroxylation is 1. The van der Waals surface area contributed by atoms with Crippen molar-refractivity contribution in [2.75, 3.05) is 0 Å². The third kappa shape index (κ3) is 4.50. The maximum Gasteiger partial charge on any atom is 0.269 e. The van der Waals surface area contributed by atoms with Gasteiger partial charge in [-0.15, -0.1) is 5.10 Å². The second-order valence-corrected chi connectivity index (χ2v) is 7.04. The van der Waals surface area contributed by atoms with Crippen LogP contribution in [0, 0.1) is 6.92 Å². The third-order valence-electron chi connectivity index (χ3n) is 3.77. The molecule has 2 N–H and O–H groups in total. The maximum atomic E-state index is 12.3. The molecule has 0 aliphatic rings. The Balaban J connectivity index is 1.62. The van der Waals surface area contributed by atoms with E-state index < -0.39 is 5.25 Å². The Labute approximate surface area is 160 Å². The number of para-hydroxylation sites is 1. The van der Waals surface area contributed by atoms with Crippen molar-refractivity contribution in [3.63, 3.8) is 0 Å². The first-order valence-electron chi connectivity index (χ1n) is 8.22. The van der Waals surface area contributed by atoms with Gasteiger partial charge in [-0.1, -0.05) is 48.2 Å². The van der Waals surface area contributed by atoms with Gasteiger partial charge in [0, 0.05) is 5.56 Å². The molecule has 138 valence electrons. The van der Waals surface area contributed by atoms with E-state index in [1.165, 1.54) is 11.8 Å². The minimum Gasteiger partial charge on any atom is -0.272 e. The van der Waals surface area contributed by atoms with Crippen molar-refractivity contribution in [2.45, 2.75) is 24.3 Å². The summed E-state index contributed by atoms with van der Waals surface area (Å²) in [5, 5.41) is 11.7. The second kappa shape index (κ2) is 8.45. The molecule has 1 atom stereocenters. The lowest BCUT2D eigenvalue weighted by Gasteiger charge is -2.13. The van der Waals surface area contributed by atoms with Gasteiger partial charge in [-0.2, -0.15) is 4.68 Å². The summed E-state index contributed by atoms with van der Waals surface area (Å²) in [4.78, 5) is 24.3. The summed E-state index contributed by atoms with van der Waals surface area (Å²) in [6.07, 6.45) is 0. The van der Waals surface area contributed by atoms with Crippen molar-refractivity contribution in [1.82, 2.24) is 31.1 Å². The number of nitrogens with zero attached hydrogens (tertiary/aromatic N) is 4. The molecular weight excluding hydrogens is 364 g/mol. The lowest BCUT2D eigenvalue weighted by molar-refractivity contribution is -0.121. The van der Waals surface area contributed by atoms with Crippen molar-refractivity contribution in [2.24, 2.45) is 0 Å². The van der Waals surface area contributed by atoms with Crippen LogP contribution in [0.2, 0.25) is 0 Å². The van der Waals surface area contributed by atoms with Gasteiger partial charge >= 0.3 is 0 Å². The number of nitrogens with one attached hydrogen (secondary N) is 2. The SMILES string of the molecule is Cc1ccccc1-n1nnnc1S[C@H](C)C(=O)NNC(=O)c1ccccc1. The number of hydrogen-bond acceptors (Lipinski definition) is 6. The molecule has 3 rings (SSSR count). The number of rotatable bonds is 5. The fraction of sp³-hybridized carbons (Fsp3) is 0.167. The number of benzene rings is 2. The van der Waals surface area contributed by atoms with E-state index in [-0.39, 0.29) is 11.8 Å². The molecular formula is C18H18N6O2S. The number of hydrazine groups is 1.